The molecule has 0 atom stereocenters. The summed E-state index contributed by atoms with van der Waals surface area (Å²) >= 11 is 1.93. The third-order valence-electron chi connectivity index (χ3n) is 7.20. The van der Waals surface area contributed by atoms with Crippen LogP contribution in [0.3, 0.4) is 0 Å². The van der Waals surface area contributed by atoms with Gasteiger partial charge in [-0.05, 0) is 74.8 Å². The SMILES string of the molecule is Cc1cc(C2CC2)cnc1N1CCN(C(=O)c2ccc(C(C)(C)N3CCCS3)cc2)CC1. The number of aryl methyl sites for hydroxylation is 1. The first kappa shape index (κ1) is 21.8. The molecular formula is C26H34N4OS. The summed E-state index contributed by atoms with van der Waals surface area (Å²) in [5.74, 6) is 3.15. The lowest BCUT2D eigenvalue weighted by molar-refractivity contribution is 0.0746. The zero-order valence-corrected chi connectivity index (χ0v) is 20.3. The number of carbonyl (C=O) groups excluding carboxylic acids is 1. The Bertz CT molecular complexity index is 972. The maximum absolute atomic E-state index is 13.1. The van der Waals surface area contributed by atoms with E-state index in [0.29, 0.717) is 0 Å². The largest absolute Gasteiger partial charge is 0.353 e. The quantitative estimate of drug-likeness (QED) is 0.611. The summed E-state index contributed by atoms with van der Waals surface area (Å²) in [7, 11) is 0. The number of benzene rings is 1. The molecule has 1 amide bonds. The van der Waals surface area contributed by atoms with E-state index in [0.717, 1.165) is 50.0 Å². The molecule has 3 fully saturated rings. The summed E-state index contributed by atoms with van der Waals surface area (Å²) in [4.78, 5) is 22.2. The van der Waals surface area contributed by atoms with Gasteiger partial charge in [0, 0.05) is 50.2 Å². The third-order valence-corrected chi connectivity index (χ3v) is 8.62. The number of hydrogen-bond donors (Lipinski definition) is 0. The van der Waals surface area contributed by atoms with Gasteiger partial charge in [0.25, 0.3) is 5.91 Å². The van der Waals surface area contributed by atoms with Gasteiger partial charge >= 0.3 is 0 Å². The van der Waals surface area contributed by atoms with Crippen molar-refractivity contribution in [1.82, 2.24) is 14.2 Å². The molecule has 0 spiro atoms. The summed E-state index contributed by atoms with van der Waals surface area (Å²) in [6, 6.07) is 10.6. The minimum atomic E-state index is -0.0196. The lowest BCUT2D eigenvalue weighted by Crippen LogP contribution is -2.49. The van der Waals surface area contributed by atoms with Crippen LogP contribution in [0.2, 0.25) is 0 Å². The van der Waals surface area contributed by atoms with Gasteiger partial charge < -0.3 is 9.80 Å². The van der Waals surface area contributed by atoms with Crippen molar-refractivity contribution >= 4 is 23.7 Å². The molecule has 1 aromatic carbocycles. The van der Waals surface area contributed by atoms with E-state index in [-0.39, 0.29) is 11.4 Å². The first-order valence-corrected chi connectivity index (χ1v) is 12.9. The standard InChI is InChI=1S/C26H34N4OS/c1-19-17-22(20-5-6-20)18-27-24(19)28-12-14-29(15-13-28)25(31)21-7-9-23(10-8-21)26(2,3)30-11-4-16-32-30/h7-10,17-18,20H,4-6,11-16H2,1-3H3. The zero-order valence-electron chi connectivity index (χ0n) is 19.5. The van der Waals surface area contributed by atoms with Crippen LogP contribution in [0.25, 0.3) is 0 Å². The Morgan fingerprint density at radius 3 is 2.38 bits per heavy atom. The Kier molecular flexibility index (Phi) is 5.93. The molecule has 2 saturated heterocycles. The fraction of sp³-hybridized carbons (Fsp3) is 0.538. The van der Waals surface area contributed by atoms with Gasteiger partial charge in [0.15, 0.2) is 0 Å². The summed E-state index contributed by atoms with van der Waals surface area (Å²) in [5, 5.41) is 0. The Balaban J connectivity index is 1.21. The predicted octanol–water partition coefficient (Wildman–Crippen LogP) is 4.82. The van der Waals surface area contributed by atoms with Crippen LogP contribution in [0.15, 0.2) is 36.5 Å². The molecule has 1 saturated carbocycles. The number of rotatable bonds is 5. The number of aromatic nitrogens is 1. The molecule has 2 aromatic rings. The van der Waals surface area contributed by atoms with Gasteiger partial charge in [0.05, 0.1) is 5.54 Å². The molecule has 3 aliphatic rings. The molecule has 6 heteroatoms. The molecule has 1 aromatic heterocycles. The van der Waals surface area contributed by atoms with Crippen LogP contribution in [0.5, 0.6) is 0 Å². The Labute approximate surface area is 196 Å². The molecule has 0 bridgehead atoms. The van der Waals surface area contributed by atoms with E-state index in [1.807, 2.05) is 29.0 Å². The smallest absolute Gasteiger partial charge is 0.253 e. The van der Waals surface area contributed by atoms with E-state index in [9.17, 15) is 4.79 Å². The van der Waals surface area contributed by atoms with Gasteiger partial charge in [-0.25, -0.2) is 9.29 Å². The average Bonchev–Trinajstić information content (AvgIpc) is 3.51. The van der Waals surface area contributed by atoms with Crippen LogP contribution in [-0.2, 0) is 5.54 Å². The van der Waals surface area contributed by atoms with E-state index in [4.69, 9.17) is 4.98 Å². The van der Waals surface area contributed by atoms with E-state index >= 15 is 0 Å². The van der Waals surface area contributed by atoms with E-state index in [2.05, 4.69) is 54.4 Å². The molecule has 170 valence electrons. The van der Waals surface area contributed by atoms with Crippen LogP contribution >= 0.6 is 11.9 Å². The van der Waals surface area contributed by atoms with Crippen molar-refractivity contribution in [1.29, 1.82) is 0 Å². The molecule has 5 nitrogen and oxygen atoms in total. The Hall–Kier alpha value is -2.05. The molecular weight excluding hydrogens is 416 g/mol. The van der Waals surface area contributed by atoms with Gasteiger partial charge in [-0.2, -0.15) is 0 Å². The van der Waals surface area contributed by atoms with E-state index in [1.165, 1.54) is 41.7 Å². The Morgan fingerprint density at radius 1 is 1.06 bits per heavy atom. The normalized spacial score (nSPS) is 20.1. The summed E-state index contributed by atoms with van der Waals surface area (Å²) in [6.45, 7) is 11.0. The molecule has 0 radical (unpaired) electrons. The number of piperazine rings is 1. The molecule has 0 unspecified atom stereocenters. The minimum absolute atomic E-state index is 0.0196. The lowest BCUT2D eigenvalue weighted by atomic mass is 9.93. The number of anilines is 1. The topological polar surface area (TPSA) is 39.7 Å². The molecule has 5 rings (SSSR count). The van der Waals surface area contributed by atoms with Gasteiger partial charge in [-0.1, -0.05) is 30.1 Å². The maximum atomic E-state index is 13.1. The summed E-state index contributed by atoms with van der Waals surface area (Å²) in [6.07, 6.45) is 5.91. The van der Waals surface area contributed by atoms with Crippen LogP contribution < -0.4 is 4.90 Å². The van der Waals surface area contributed by atoms with Gasteiger partial charge in [-0.15, -0.1) is 0 Å². The number of carbonyl (C=O) groups is 1. The lowest BCUT2D eigenvalue weighted by Gasteiger charge is -2.36. The monoisotopic (exact) mass is 450 g/mol. The van der Waals surface area contributed by atoms with Crippen molar-refractivity contribution in [2.24, 2.45) is 0 Å². The second kappa shape index (κ2) is 8.71. The second-order valence-electron chi connectivity index (χ2n) is 9.89. The molecule has 3 heterocycles. The maximum Gasteiger partial charge on any atom is 0.253 e. The highest BCUT2D eigenvalue weighted by Crippen LogP contribution is 2.40. The predicted molar refractivity (Wildman–Crippen MR) is 132 cm³/mol. The third kappa shape index (κ3) is 4.27. The van der Waals surface area contributed by atoms with Gasteiger partial charge in [0.2, 0.25) is 0 Å². The number of amides is 1. The van der Waals surface area contributed by atoms with Crippen LogP contribution in [-0.4, -0.2) is 58.6 Å². The van der Waals surface area contributed by atoms with Crippen LogP contribution in [0.4, 0.5) is 5.82 Å². The van der Waals surface area contributed by atoms with Crippen molar-refractivity contribution in [3.05, 3.63) is 58.8 Å². The summed E-state index contributed by atoms with van der Waals surface area (Å²) in [5.41, 5.74) is 4.67. The molecule has 0 N–H and O–H groups in total. The first-order chi connectivity index (χ1) is 15.4. The van der Waals surface area contributed by atoms with E-state index in [1.54, 1.807) is 0 Å². The van der Waals surface area contributed by atoms with Gasteiger partial charge in [0.1, 0.15) is 5.82 Å². The fourth-order valence-corrected chi connectivity index (χ4v) is 6.08. The Morgan fingerprint density at radius 2 is 1.78 bits per heavy atom. The van der Waals surface area contributed by atoms with Crippen molar-refractivity contribution < 1.29 is 4.79 Å². The molecule has 32 heavy (non-hydrogen) atoms. The number of pyridine rings is 1. The van der Waals surface area contributed by atoms with Crippen molar-refractivity contribution in [2.45, 2.75) is 51.5 Å². The second-order valence-corrected chi connectivity index (χ2v) is 11.0. The summed E-state index contributed by atoms with van der Waals surface area (Å²) < 4.78 is 2.47. The molecule has 1 aliphatic carbocycles. The van der Waals surface area contributed by atoms with Crippen molar-refractivity contribution in [2.75, 3.05) is 43.4 Å². The van der Waals surface area contributed by atoms with E-state index < -0.39 is 0 Å². The highest BCUT2D eigenvalue weighted by Gasteiger charge is 2.32. The first-order valence-electron chi connectivity index (χ1n) is 12.0. The zero-order chi connectivity index (χ0) is 22.3. The number of hydrogen-bond acceptors (Lipinski definition) is 5. The highest BCUT2D eigenvalue weighted by molar-refractivity contribution is 7.97. The molecule has 2 aliphatic heterocycles. The van der Waals surface area contributed by atoms with Crippen molar-refractivity contribution in [3.63, 3.8) is 0 Å². The highest BCUT2D eigenvalue weighted by atomic mass is 32.2. The van der Waals surface area contributed by atoms with Crippen LogP contribution in [0.1, 0.15) is 66.1 Å². The van der Waals surface area contributed by atoms with Crippen molar-refractivity contribution in [3.8, 4) is 0 Å². The number of nitrogens with zero attached hydrogens (tertiary/aromatic N) is 4. The fourth-order valence-electron chi connectivity index (χ4n) is 4.92. The van der Waals surface area contributed by atoms with Crippen LogP contribution in [0, 0.1) is 6.92 Å². The average molecular weight is 451 g/mol. The van der Waals surface area contributed by atoms with Gasteiger partial charge in [-0.3, -0.25) is 4.79 Å². The minimum Gasteiger partial charge on any atom is -0.353 e.